The summed E-state index contributed by atoms with van der Waals surface area (Å²) in [5.41, 5.74) is 0. The van der Waals surface area contributed by atoms with E-state index in [0.29, 0.717) is 0 Å². The van der Waals surface area contributed by atoms with Crippen molar-refractivity contribution in [3.8, 4) is 0 Å². The third-order valence-electron chi connectivity index (χ3n) is 0. The molecule has 0 spiro atoms. The summed E-state index contributed by atoms with van der Waals surface area (Å²) in [5, 5.41) is 0. The average molecular weight is 260 g/mol. The van der Waals surface area contributed by atoms with Crippen molar-refractivity contribution in [3.63, 3.8) is 0 Å². The van der Waals surface area contributed by atoms with Crippen LogP contribution in [0.15, 0.2) is 0 Å². The maximum absolute atomic E-state index is 8.45. The molecule has 1 nitrogen and oxygen atoms in total. The van der Waals surface area contributed by atoms with Crippen molar-refractivity contribution >= 4 is 17.3 Å². The maximum atomic E-state index is 8.45. The van der Waals surface area contributed by atoms with Gasteiger partial charge >= 0.3 is 5.75 Å². The Morgan fingerprint density at radius 3 is 1.75 bits per heavy atom. The van der Waals surface area contributed by atoms with Crippen molar-refractivity contribution < 1.29 is 27.2 Å². The van der Waals surface area contributed by atoms with E-state index in [-0.39, 0.29) is 22.4 Å². The molecular formula is CAuClO. The first-order valence-electron chi connectivity index (χ1n) is 0.393. The van der Waals surface area contributed by atoms with Crippen molar-refractivity contribution in [2.75, 3.05) is 0 Å². The molecule has 0 N–H and O–H groups in total. The summed E-state index contributed by atoms with van der Waals surface area (Å²) in [6, 6.07) is 0. The first kappa shape index (κ1) is 8.83. The third kappa shape index (κ3) is 15.9. The van der Waals surface area contributed by atoms with E-state index in [1.54, 1.807) is 0 Å². The fourth-order valence-electron chi connectivity index (χ4n) is 0. The van der Waals surface area contributed by atoms with E-state index in [9.17, 15) is 0 Å². The van der Waals surface area contributed by atoms with Gasteiger partial charge in [-0.25, -0.2) is 0 Å². The van der Waals surface area contributed by atoms with Crippen LogP contribution in [0.2, 0.25) is 0 Å². The van der Waals surface area contributed by atoms with Crippen LogP contribution in [0.3, 0.4) is 0 Å². The number of hydrogen-bond acceptors (Lipinski definition) is 1. The molecule has 0 unspecified atom stereocenters. The Morgan fingerprint density at radius 1 is 1.75 bits per heavy atom. The molecule has 0 aromatic carbocycles. The molecule has 3 heteroatoms. The van der Waals surface area contributed by atoms with Gasteiger partial charge in [-0.1, -0.05) is 0 Å². The van der Waals surface area contributed by atoms with Crippen LogP contribution in [-0.4, -0.2) is 5.75 Å². The van der Waals surface area contributed by atoms with Gasteiger partial charge in [-0.2, -0.15) is 0 Å². The van der Waals surface area contributed by atoms with Crippen LogP contribution in [-0.2, 0) is 27.2 Å². The second-order valence-corrected chi connectivity index (χ2v) is 0.231. The molecule has 0 aliphatic heterocycles. The summed E-state index contributed by atoms with van der Waals surface area (Å²) in [6.45, 7) is 0. The Morgan fingerprint density at radius 2 is 1.75 bits per heavy atom. The van der Waals surface area contributed by atoms with Crippen LogP contribution in [0.4, 0.5) is 0 Å². The minimum atomic E-state index is 0. The second-order valence-electron chi connectivity index (χ2n) is 0.0772. The quantitative estimate of drug-likeness (QED) is 0.452. The van der Waals surface area contributed by atoms with Crippen molar-refractivity contribution in [1.82, 2.24) is 0 Å². The summed E-state index contributed by atoms with van der Waals surface area (Å²) in [5.74, 6) is 0.972. The summed E-state index contributed by atoms with van der Waals surface area (Å²) in [7, 11) is 0. The summed E-state index contributed by atoms with van der Waals surface area (Å²) < 4.78 is 0. The van der Waals surface area contributed by atoms with Gasteiger partial charge in [0, 0.05) is 22.4 Å². The molecule has 0 amide bonds. The molecule has 0 aromatic rings. The van der Waals surface area contributed by atoms with Crippen molar-refractivity contribution in [2.45, 2.75) is 0 Å². The zero-order valence-corrected chi connectivity index (χ0v) is 4.51. The molecule has 0 aliphatic rings. The van der Waals surface area contributed by atoms with Gasteiger partial charge in [0.2, 0.25) is 0 Å². The molecule has 4 heavy (non-hydrogen) atoms. The average Bonchev–Trinajstić information content (AvgIpc) is 0.918. The Balaban J connectivity index is 0. The van der Waals surface area contributed by atoms with Gasteiger partial charge in [0.05, 0.1) is 0 Å². The molecule has 28 valence electrons. The summed E-state index contributed by atoms with van der Waals surface area (Å²) in [4.78, 5) is 8.45. The molecule has 2 radical (unpaired) electrons. The van der Waals surface area contributed by atoms with E-state index in [1.165, 1.54) is 0 Å². The fourth-order valence-corrected chi connectivity index (χ4v) is 0. The summed E-state index contributed by atoms with van der Waals surface area (Å²) >= 11 is 4.19. The van der Waals surface area contributed by atoms with Crippen molar-refractivity contribution in [2.24, 2.45) is 0 Å². The normalized spacial score (nSPS) is 3.25. The zero-order valence-electron chi connectivity index (χ0n) is 1.59. The van der Waals surface area contributed by atoms with Crippen LogP contribution in [0, 0.1) is 0 Å². The van der Waals surface area contributed by atoms with E-state index in [1.807, 2.05) is 0 Å². The van der Waals surface area contributed by atoms with E-state index >= 15 is 0 Å². The van der Waals surface area contributed by atoms with Crippen LogP contribution >= 0.6 is 11.6 Å². The Hall–Kier alpha value is 0.700. The monoisotopic (exact) mass is 260 g/mol. The molecule has 0 bridgehead atoms. The second kappa shape index (κ2) is 9.33. The zero-order chi connectivity index (χ0) is 2.71. The largest absolute Gasteiger partial charge is 0.304 e. The van der Waals surface area contributed by atoms with Gasteiger partial charge in [-0.05, 0) is 11.6 Å². The fraction of sp³-hybridized carbons (Fsp3) is 0. The van der Waals surface area contributed by atoms with Crippen LogP contribution < -0.4 is 0 Å². The van der Waals surface area contributed by atoms with Crippen LogP contribution in [0.5, 0.6) is 0 Å². The first-order chi connectivity index (χ1) is 1.41. The molecule has 0 aromatic heterocycles. The summed E-state index contributed by atoms with van der Waals surface area (Å²) in [6.07, 6.45) is 0. The van der Waals surface area contributed by atoms with E-state index in [0.717, 1.165) is 5.75 Å². The van der Waals surface area contributed by atoms with Gasteiger partial charge in [0.15, 0.2) is 0 Å². The molecule has 0 saturated carbocycles. The number of hydrogen-bond donors (Lipinski definition) is 0. The predicted molar refractivity (Wildman–Crippen MR) is 11.5 cm³/mol. The molecule has 0 aliphatic carbocycles. The smallest absolute Gasteiger partial charge is 0.271 e. The van der Waals surface area contributed by atoms with Crippen LogP contribution in [0.1, 0.15) is 0 Å². The molecule has 0 rings (SSSR count). The molecule has 0 saturated heterocycles. The first-order valence-corrected chi connectivity index (χ1v) is 0.771. The Bertz CT molecular complexity index is 15.5. The van der Waals surface area contributed by atoms with Crippen LogP contribution in [0.25, 0.3) is 0 Å². The Labute approximate surface area is 44.8 Å². The van der Waals surface area contributed by atoms with Crippen molar-refractivity contribution in [3.05, 3.63) is 0 Å². The minimum absolute atomic E-state index is 0. The molecule has 0 heterocycles. The predicted octanol–water partition coefficient (Wildman–Crippen LogP) is 0.290. The Kier molecular flexibility index (Phi) is 20.6. The maximum Gasteiger partial charge on any atom is 0.304 e. The van der Waals surface area contributed by atoms with E-state index in [2.05, 4.69) is 11.6 Å². The number of halogens is 1. The SMILES string of the molecule is O=[C]Cl.[Au]. The third-order valence-corrected chi connectivity index (χ3v) is 0. The van der Waals surface area contributed by atoms with Gasteiger partial charge in [0.1, 0.15) is 0 Å². The standard InChI is InChI=1S/CClO.Au/c2-1-3;. The van der Waals surface area contributed by atoms with Gasteiger partial charge in [-0.15, -0.1) is 0 Å². The number of rotatable bonds is 0. The van der Waals surface area contributed by atoms with Gasteiger partial charge in [-0.3, -0.25) is 4.79 Å². The van der Waals surface area contributed by atoms with E-state index in [4.69, 9.17) is 4.79 Å². The van der Waals surface area contributed by atoms with Gasteiger partial charge < -0.3 is 0 Å². The van der Waals surface area contributed by atoms with E-state index < -0.39 is 0 Å². The molecule has 0 fully saturated rings. The molecular weight excluding hydrogens is 260 g/mol. The minimum Gasteiger partial charge on any atom is -0.271 e. The van der Waals surface area contributed by atoms with Gasteiger partial charge in [0.25, 0.3) is 0 Å². The number of carbonyl (C=O) groups excluding carboxylic acids is 1. The van der Waals surface area contributed by atoms with Crippen molar-refractivity contribution in [1.29, 1.82) is 0 Å². The topological polar surface area (TPSA) is 17.1 Å². The molecule has 0 atom stereocenters.